The van der Waals surface area contributed by atoms with Gasteiger partial charge in [-0.1, -0.05) is 185 Å². The molecule has 0 N–H and O–H groups in total. The molecule has 14 rings (SSSR count). The molecule has 0 heterocycles. The van der Waals surface area contributed by atoms with E-state index in [1.807, 2.05) is 0 Å². The lowest BCUT2D eigenvalue weighted by Crippen LogP contribution is -2.24. The van der Waals surface area contributed by atoms with Gasteiger partial charge in [-0.3, -0.25) is 0 Å². The van der Waals surface area contributed by atoms with E-state index in [0.717, 1.165) is 79.4 Å². The van der Waals surface area contributed by atoms with Gasteiger partial charge in [-0.2, -0.15) is 0 Å². The van der Waals surface area contributed by atoms with Crippen molar-refractivity contribution in [3.63, 3.8) is 0 Å². The number of hydrogen-bond donors (Lipinski definition) is 0. The normalized spacial score (nSPS) is 15.7. The van der Waals surface area contributed by atoms with Crippen LogP contribution in [0.5, 0.6) is 0 Å². The Kier molecular flexibility index (Phi) is 12.7. The van der Waals surface area contributed by atoms with Gasteiger partial charge in [-0.25, -0.2) is 0 Å². The molecule has 3 aliphatic rings. The molecule has 0 bridgehead atoms. The molecule has 396 valence electrons. The van der Waals surface area contributed by atoms with Gasteiger partial charge < -0.3 is 19.6 Å². The summed E-state index contributed by atoms with van der Waals surface area (Å²) in [5.74, 6) is 0.819. The van der Waals surface area contributed by atoms with Crippen LogP contribution in [0, 0.1) is 5.92 Å². The molecular formula is C78H64N4. The highest BCUT2D eigenvalue weighted by molar-refractivity contribution is 5.88. The molecular weight excluding hydrogens is 993 g/mol. The third kappa shape index (κ3) is 8.88. The summed E-state index contributed by atoms with van der Waals surface area (Å²) in [5.41, 5.74) is 23.8. The zero-order valence-electron chi connectivity index (χ0n) is 46.8. The van der Waals surface area contributed by atoms with Crippen LogP contribution in [0.2, 0.25) is 0 Å². The molecule has 4 heteroatoms. The van der Waals surface area contributed by atoms with Crippen molar-refractivity contribution in [3.8, 4) is 22.3 Å². The van der Waals surface area contributed by atoms with E-state index in [4.69, 9.17) is 0 Å². The number of allylic oxidation sites excluding steroid dienone is 4. The van der Waals surface area contributed by atoms with E-state index in [1.165, 1.54) is 33.4 Å². The van der Waals surface area contributed by atoms with E-state index >= 15 is 0 Å². The molecule has 2 unspecified atom stereocenters. The first-order valence-corrected chi connectivity index (χ1v) is 28.7. The molecule has 0 spiro atoms. The highest BCUT2D eigenvalue weighted by Gasteiger charge is 2.44. The Morgan fingerprint density at radius 1 is 0.268 bits per heavy atom. The zero-order valence-corrected chi connectivity index (χ0v) is 46.8. The average molecular weight is 1060 g/mol. The van der Waals surface area contributed by atoms with Gasteiger partial charge in [0.05, 0.1) is 0 Å². The lowest BCUT2D eigenvalue weighted by Gasteiger charge is -2.29. The first-order chi connectivity index (χ1) is 40.2. The van der Waals surface area contributed by atoms with Crippen LogP contribution in [0.25, 0.3) is 22.3 Å². The van der Waals surface area contributed by atoms with Crippen LogP contribution >= 0.6 is 0 Å². The summed E-state index contributed by atoms with van der Waals surface area (Å²) in [6.07, 6.45) is 9.22. The predicted octanol–water partition coefficient (Wildman–Crippen LogP) is 21.7. The van der Waals surface area contributed by atoms with Crippen molar-refractivity contribution in [1.29, 1.82) is 0 Å². The first-order valence-electron chi connectivity index (χ1n) is 28.7. The van der Waals surface area contributed by atoms with E-state index in [9.17, 15) is 0 Å². The fourth-order valence-electron chi connectivity index (χ4n) is 13.4. The van der Waals surface area contributed by atoms with Crippen LogP contribution < -0.4 is 19.6 Å². The molecule has 3 aliphatic carbocycles. The summed E-state index contributed by atoms with van der Waals surface area (Å²) in [4.78, 5) is 9.45. The highest BCUT2D eigenvalue weighted by Crippen LogP contribution is 2.55. The number of anilines is 12. The molecule has 0 aromatic heterocycles. The second-order valence-electron chi connectivity index (χ2n) is 23.0. The molecule has 0 radical (unpaired) electrons. The van der Waals surface area contributed by atoms with Crippen LogP contribution in [0.3, 0.4) is 0 Å². The molecule has 11 aromatic carbocycles. The molecule has 11 aromatic rings. The van der Waals surface area contributed by atoms with Crippen molar-refractivity contribution >= 4 is 68.2 Å². The van der Waals surface area contributed by atoms with Crippen LogP contribution in [0.4, 0.5) is 68.2 Å². The standard InChI is InChI=1S/C78H64N4/c1-77(2)73-31-19-17-29-69(73)71-53-67(49-51-75(71)77)81(59-25-13-7-14-26-59)65-45-41-63(42-46-65)79(57-21-9-5-10-22-57)61-37-33-55(34-38-61)56-35-39-62(40-36-56)80(58-23-11-6-12-24-58)64-43-47-66(48-44-64)82(60-27-15-8-16-28-60)68-50-52-76-72(54-68)70-30-18-20-32-74(70)78(76,3)4/h5-54,69,73H,1-4H3. The maximum absolute atomic E-state index is 2.44. The van der Waals surface area contributed by atoms with Gasteiger partial charge >= 0.3 is 0 Å². The third-order valence-corrected chi connectivity index (χ3v) is 17.5. The van der Waals surface area contributed by atoms with E-state index in [2.05, 4.69) is 351 Å². The predicted molar refractivity (Wildman–Crippen MR) is 346 cm³/mol. The van der Waals surface area contributed by atoms with Crippen molar-refractivity contribution in [2.24, 2.45) is 5.92 Å². The second-order valence-corrected chi connectivity index (χ2v) is 23.0. The summed E-state index contributed by atoms with van der Waals surface area (Å²) >= 11 is 0. The van der Waals surface area contributed by atoms with Crippen molar-refractivity contribution in [1.82, 2.24) is 0 Å². The Morgan fingerprint density at radius 2 is 0.585 bits per heavy atom. The second kappa shape index (κ2) is 20.6. The smallest absolute Gasteiger partial charge is 0.0468 e. The van der Waals surface area contributed by atoms with Gasteiger partial charge in [0.15, 0.2) is 0 Å². The van der Waals surface area contributed by atoms with Crippen molar-refractivity contribution < 1.29 is 0 Å². The largest absolute Gasteiger partial charge is 0.311 e. The van der Waals surface area contributed by atoms with Gasteiger partial charge in [-0.15, -0.1) is 0 Å². The minimum atomic E-state index is -0.0569. The Labute approximate surface area is 483 Å². The van der Waals surface area contributed by atoms with Gasteiger partial charge in [0.2, 0.25) is 0 Å². The molecule has 0 amide bonds. The number of nitrogens with zero attached hydrogens (tertiary/aromatic N) is 4. The number of rotatable bonds is 13. The van der Waals surface area contributed by atoms with E-state index < -0.39 is 0 Å². The Hall–Kier alpha value is -9.90. The Morgan fingerprint density at radius 3 is 1.02 bits per heavy atom. The quantitative estimate of drug-likeness (QED) is 0.114. The molecule has 4 nitrogen and oxygen atoms in total. The Balaban J connectivity index is 0.750. The summed E-state index contributed by atoms with van der Waals surface area (Å²) < 4.78 is 0. The topological polar surface area (TPSA) is 13.0 Å². The number of benzene rings is 11. The van der Waals surface area contributed by atoms with Crippen LogP contribution in [0.15, 0.2) is 303 Å². The van der Waals surface area contributed by atoms with Crippen molar-refractivity contribution in [3.05, 3.63) is 326 Å². The minimum absolute atomic E-state index is 0.0569. The monoisotopic (exact) mass is 1060 g/mol. The van der Waals surface area contributed by atoms with Gasteiger partial charge in [0, 0.05) is 79.6 Å². The molecule has 0 saturated heterocycles. The fourth-order valence-corrected chi connectivity index (χ4v) is 13.4. The lowest BCUT2D eigenvalue weighted by atomic mass is 9.74. The maximum atomic E-state index is 2.44. The summed E-state index contributed by atoms with van der Waals surface area (Å²) in [5, 5.41) is 0. The summed E-state index contributed by atoms with van der Waals surface area (Å²) in [6, 6.07) is 102. The van der Waals surface area contributed by atoms with Crippen LogP contribution in [-0.4, -0.2) is 0 Å². The first kappa shape index (κ1) is 50.3. The minimum Gasteiger partial charge on any atom is -0.311 e. The Bertz CT molecular complexity index is 4130. The average Bonchev–Trinajstić information content (AvgIpc) is 2.77. The third-order valence-electron chi connectivity index (χ3n) is 17.5. The van der Waals surface area contributed by atoms with E-state index in [1.54, 1.807) is 0 Å². The summed E-state index contributed by atoms with van der Waals surface area (Å²) in [6.45, 7) is 9.47. The fraction of sp³-hybridized carbons (Fsp3) is 0.103. The molecule has 0 aliphatic heterocycles. The van der Waals surface area contributed by atoms with Crippen molar-refractivity contribution in [2.75, 3.05) is 19.6 Å². The van der Waals surface area contributed by atoms with Gasteiger partial charge in [-0.05, 0) is 201 Å². The van der Waals surface area contributed by atoms with E-state index in [-0.39, 0.29) is 10.8 Å². The van der Waals surface area contributed by atoms with E-state index in [0.29, 0.717) is 11.8 Å². The van der Waals surface area contributed by atoms with Gasteiger partial charge in [0.25, 0.3) is 0 Å². The highest BCUT2D eigenvalue weighted by atomic mass is 15.2. The van der Waals surface area contributed by atoms with Crippen LogP contribution in [0.1, 0.15) is 55.9 Å². The molecule has 0 saturated carbocycles. The van der Waals surface area contributed by atoms with Crippen LogP contribution in [-0.2, 0) is 10.8 Å². The van der Waals surface area contributed by atoms with Gasteiger partial charge in [0.1, 0.15) is 0 Å². The molecule has 2 atom stereocenters. The lowest BCUT2D eigenvalue weighted by molar-refractivity contribution is 0.394. The number of para-hydroxylation sites is 4. The summed E-state index contributed by atoms with van der Waals surface area (Å²) in [7, 11) is 0. The van der Waals surface area contributed by atoms with Crippen molar-refractivity contribution in [2.45, 2.75) is 44.4 Å². The number of hydrogen-bond acceptors (Lipinski definition) is 4. The maximum Gasteiger partial charge on any atom is 0.0468 e. The SMILES string of the molecule is CC1(C)c2ccccc2-c2cc(N(c3ccccc3)c3ccc(N(c4ccccc4)c4ccc(-c5ccc(N(c6ccccc6)c6ccc(N(c7ccccc7)c7ccc8c(c7)C7C=CC=CC7C8(C)C)cc6)cc5)cc4)cc3)ccc21. The zero-order chi connectivity index (χ0) is 55.4. The molecule has 0 fully saturated rings. The number of fused-ring (bicyclic) bond motifs is 6. The molecule has 82 heavy (non-hydrogen) atoms.